The van der Waals surface area contributed by atoms with Gasteiger partial charge in [-0.15, -0.1) is 0 Å². The van der Waals surface area contributed by atoms with Gasteiger partial charge in [0, 0.05) is 29.3 Å². The van der Waals surface area contributed by atoms with Crippen LogP contribution in [0.4, 0.5) is 0 Å². The topological polar surface area (TPSA) is 46.1 Å². The first-order chi connectivity index (χ1) is 9.81. The van der Waals surface area contributed by atoms with Crippen LogP contribution in [-0.4, -0.2) is 29.6 Å². The smallest absolute Gasteiger partial charge is 0.268 e. The minimum absolute atomic E-state index is 0.00225. The van der Waals surface area contributed by atoms with Crippen molar-refractivity contribution in [1.82, 2.24) is 15.2 Å². The van der Waals surface area contributed by atoms with Gasteiger partial charge in [0.15, 0.2) is 0 Å². The summed E-state index contributed by atoms with van der Waals surface area (Å²) in [5.41, 5.74) is 0.942. The number of aromatic nitrogens is 1. The van der Waals surface area contributed by atoms with Crippen LogP contribution in [0.25, 0.3) is 0 Å². The summed E-state index contributed by atoms with van der Waals surface area (Å²) in [5.74, 6) is -0.00225. The molecule has 0 saturated carbocycles. The van der Waals surface area contributed by atoms with E-state index >= 15 is 0 Å². The van der Waals surface area contributed by atoms with E-state index in [1.165, 1.54) is 12.8 Å². The predicted molar refractivity (Wildman–Crippen MR) is 89.7 cm³/mol. The SMILES string of the molecule is CC(C)n1cc(Br)cc1C(=O)NCC1NCCCC1(C)C. The van der Waals surface area contributed by atoms with Gasteiger partial charge in [0.25, 0.3) is 5.91 Å². The number of nitrogens with zero attached hydrogens (tertiary/aromatic N) is 1. The number of carbonyl (C=O) groups is 1. The van der Waals surface area contributed by atoms with E-state index < -0.39 is 0 Å². The molecule has 1 aromatic heterocycles. The molecule has 21 heavy (non-hydrogen) atoms. The Labute approximate surface area is 135 Å². The molecule has 4 nitrogen and oxygen atoms in total. The van der Waals surface area contributed by atoms with Crippen LogP contribution < -0.4 is 10.6 Å². The third-order valence-electron chi connectivity index (χ3n) is 4.40. The minimum Gasteiger partial charge on any atom is -0.349 e. The van der Waals surface area contributed by atoms with Gasteiger partial charge in [0.2, 0.25) is 0 Å². The maximum atomic E-state index is 12.5. The summed E-state index contributed by atoms with van der Waals surface area (Å²) in [4.78, 5) is 12.5. The predicted octanol–water partition coefficient (Wildman–Crippen LogP) is 3.34. The van der Waals surface area contributed by atoms with E-state index in [0.717, 1.165) is 11.0 Å². The van der Waals surface area contributed by atoms with Gasteiger partial charge < -0.3 is 15.2 Å². The molecule has 2 rings (SSSR count). The Bertz CT molecular complexity index is 508. The number of piperidine rings is 1. The normalized spacial score (nSPS) is 21.5. The number of halogens is 1. The third kappa shape index (κ3) is 3.89. The van der Waals surface area contributed by atoms with E-state index in [0.29, 0.717) is 18.3 Å². The molecule has 1 fully saturated rings. The highest BCUT2D eigenvalue weighted by atomic mass is 79.9. The minimum atomic E-state index is -0.00225. The number of hydrogen-bond donors (Lipinski definition) is 2. The molecule has 5 heteroatoms. The van der Waals surface area contributed by atoms with Gasteiger partial charge in [-0.25, -0.2) is 0 Å². The van der Waals surface area contributed by atoms with E-state index in [1.54, 1.807) is 0 Å². The summed E-state index contributed by atoms with van der Waals surface area (Å²) in [6, 6.07) is 2.48. The fourth-order valence-corrected chi connectivity index (χ4v) is 3.40. The lowest BCUT2D eigenvalue weighted by Gasteiger charge is -2.39. The van der Waals surface area contributed by atoms with E-state index in [-0.39, 0.29) is 17.4 Å². The Morgan fingerprint density at radius 3 is 2.90 bits per heavy atom. The monoisotopic (exact) mass is 355 g/mol. The first-order valence-electron chi connectivity index (χ1n) is 7.70. The average molecular weight is 356 g/mol. The molecular formula is C16H26BrN3O. The highest BCUT2D eigenvalue weighted by molar-refractivity contribution is 9.10. The number of carbonyl (C=O) groups excluding carboxylic acids is 1. The summed E-state index contributed by atoms with van der Waals surface area (Å²) in [6.07, 6.45) is 4.37. The van der Waals surface area contributed by atoms with Crippen LogP contribution in [-0.2, 0) is 0 Å². The number of amides is 1. The molecule has 2 heterocycles. The Morgan fingerprint density at radius 2 is 2.29 bits per heavy atom. The third-order valence-corrected chi connectivity index (χ3v) is 4.84. The summed E-state index contributed by atoms with van der Waals surface area (Å²) < 4.78 is 2.94. The van der Waals surface area contributed by atoms with Crippen molar-refractivity contribution in [3.8, 4) is 0 Å². The second-order valence-electron chi connectivity index (χ2n) is 6.85. The second kappa shape index (κ2) is 6.53. The van der Waals surface area contributed by atoms with Gasteiger partial charge in [-0.2, -0.15) is 0 Å². The second-order valence-corrected chi connectivity index (χ2v) is 7.77. The largest absolute Gasteiger partial charge is 0.349 e. The summed E-state index contributed by atoms with van der Waals surface area (Å²) in [7, 11) is 0. The zero-order valence-corrected chi connectivity index (χ0v) is 15.0. The van der Waals surface area contributed by atoms with Gasteiger partial charge in [-0.05, 0) is 60.6 Å². The van der Waals surface area contributed by atoms with Crippen molar-refractivity contribution in [1.29, 1.82) is 0 Å². The number of hydrogen-bond acceptors (Lipinski definition) is 2. The van der Waals surface area contributed by atoms with Crippen molar-refractivity contribution in [2.24, 2.45) is 5.41 Å². The van der Waals surface area contributed by atoms with Crippen LogP contribution in [0.3, 0.4) is 0 Å². The molecule has 0 spiro atoms. The molecule has 1 aliphatic heterocycles. The molecule has 0 radical (unpaired) electrons. The maximum Gasteiger partial charge on any atom is 0.268 e. The molecule has 0 aromatic carbocycles. The van der Waals surface area contributed by atoms with Crippen molar-refractivity contribution < 1.29 is 4.79 Å². The Hall–Kier alpha value is -0.810. The van der Waals surface area contributed by atoms with Gasteiger partial charge in [0.1, 0.15) is 5.69 Å². The lowest BCUT2D eigenvalue weighted by molar-refractivity contribution is 0.0918. The first kappa shape index (κ1) is 16.6. The summed E-state index contributed by atoms with van der Waals surface area (Å²) >= 11 is 3.45. The van der Waals surface area contributed by atoms with E-state index in [2.05, 4.69) is 54.3 Å². The van der Waals surface area contributed by atoms with Gasteiger partial charge in [-0.1, -0.05) is 13.8 Å². The van der Waals surface area contributed by atoms with E-state index in [4.69, 9.17) is 0 Å². The van der Waals surface area contributed by atoms with Crippen molar-refractivity contribution in [3.05, 3.63) is 22.4 Å². The molecule has 1 saturated heterocycles. The number of rotatable bonds is 4. The molecule has 2 N–H and O–H groups in total. The van der Waals surface area contributed by atoms with Gasteiger partial charge in [0.05, 0.1) is 0 Å². The zero-order chi connectivity index (χ0) is 15.6. The zero-order valence-electron chi connectivity index (χ0n) is 13.4. The maximum absolute atomic E-state index is 12.5. The van der Waals surface area contributed by atoms with Gasteiger partial charge in [-0.3, -0.25) is 4.79 Å². The molecule has 1 atom stereocenters. The highest BCUT2D eigenvalue weighted by Gasteiger charge is 2.32. The lowest BCUT2D eigenvalue weighted by atomic mass is 9.77. The Balaban J connectivity index is 2.02. The molecule has 0 bridgehead atoms. The Morgan fingerprint density at radius 1 is 1.57 bits per heavy atom. The van der Waals surface area contributed by atoms with Crippen LogP contribution in [0.5, 0.6) is 0 Å². The van der Waals surface area contributed by atoms with E-state index in [1.807, 2.05) is 16.8 Å². The standard InChI is InChI=1S/C16H26BrN3O/c1-11(2)20-10-12(17)8-13(20)15(21)19-9-14-16(3,4)6-5-7-18-14/h8,10-11,14,18H,5-7,9H2,1-4H3,(H,19,21). The molecule has 118 valence electrons. The quantitative estimate of drug-likeness (QED) is 0.869. The van der Waals surface area contributed by atoms with Crippen LogP contribution in [0.15, 0.2) is 16.7 Å². The first-order valence-corrected chi connectivity index (χ1v) is 8.49. The van der Waals surface area contributed by atoms with Crippen molar-refractivity contribution in [3.63, 3.8) is 0 Å². The Kier molecular flexibility index (Phi) is 5.15. The molecular weight excluding hydrogens is 330 g/mol. The lowest BCUT2D eigenvalue weighted by Crippen LogP contribution is -2.52. The average Bonchev–Trinajstić information content (AvgIpc) is 2.79. The van der Waals surface area contributed by atoms with E-state index in [9.17, 15) is 4.79 Å². The highest BCUT2D eigenvalue weighted by Crippen LogP contribution is 2.29. The molecule has 1 amide bonds. The van der Waals surface area contributed by atoms with Crippen LogP contribution in [0, 0.1) is 5.41 Å². The van der Waals surface area contributed by atoms with Crippen LogP contribution >= 0.6 is 15.9 Å². The molecule has 1 aliphatic rings. The fourth-order valence-electron chi connectivity index (χ4n) is 2.96. The fraction of sp³-hybridized carbons (Fsp3) is 0.688. The van der Waals surface area contributed by atoms with Crippen molar-refractivity contribution >= 4 is 21.8 Å². The van der Waals surface area contributed by atoms with Crippen molar-refractivity contribution in [2.45, 2.75) is 52.6 Å². The summed E-state index contributed by atoms with van der Waals surface area (Å²) in [5, 5.41) is 6.62. The summed E-state index contributed by atoms with van der Waals surface area (Å²) in [6.45, 7) is 10.4. The van der Waals surface area contributed by atoms with Crippen LogP contribution in [0.2, 0.25) is 0 Å². The van der Waals surface area contributed by atoms with Gasteiger partial charge >= 0.3 is 0 Å². The molecule has 0 aliphatic carbocycles. The van der Waals surface area contributed by atoms with Crippen LogP contribution in [0.1, 0.15) is 57.1 Å². The molecule has 1 aromatic rings. The number of nitrogens with one attached hydrogen (secondary N) is 2. The van der Waals surface area contributed by atoms with Crippen molar-refractivity contribution in [2.75, 3.05) is 13.1 Å². The molecule has 1 unspecified atom stereocenters.